The average molecular weight is 330 g/mol. The molecule has 106 valence electrons. The van der Waals surface area contributed by atoms with Crippen LogP contribution in [0.25, 0.3) is 0 Å². The summed E-state index contributed by atoms with van der Waals surface area (Å²) in [4.78, 5) is 21.6. The van der Waals surface area contributed by atoms with E-state index >= 15 is 0 Å². The number of rotatable bonds is 4. The van der Waals surface area contributed by atoms with Gasteiger partial charge in [-0.15, -0.1) is 0 Å². The Morgan fingerprint density at radius 3 is 3.00 bits per heavy atom. The summed E-state index contributed by atoms with van der Waals surface area (Å²) in [5, 5.41) is 0. The molecular weight excluding hydrogens is 310 g/mol. The molecule has 6 heteroatoms. The van der Waals surface area contributed by atoms with Crippen LogP contribution < -0.4 is 5.56 Å². The van der Waals surface area contributed by atoms with Gasteiger partial charge >= 0.3 is 0 Å². The second-order valence-electron chi connectivity index (χ2n) is 4.71. The summed E-state index contributed by atoms with van der Waals surface area (Å²) in [7, 11) is 0. The second-order valence-corrected chi connectivity index (χ2v) is 5.51. The quantitative estimate of drug-likeness (QED) is 0.916. The Kier molecular flexibility index (Phi) is 5.13. The molecular formula is C13H20BrN3O2. The Bertz CT molecular complexity index is 489. The van der Waals surface area contributed by atoms with E-state index in [9.17, 15) is 4.79 Å². The van der Waals surface area contributed by atoms with Crippen LogP contribution in [0.15, 0.2) is 9.27 Å². The van der Waals surface area contributed by atoms with Crippen LogP contribution in [0.2, 0.25) is 0 Å². The lowest BCUT2D eigenvalue weighted by Gasteiger charge is -2.31. The predicted molar refractivity (Wildman–Crippen MR) is 77.4 cm³/mol. The van der Waals surface area contributed by atoms with E-state index in [-0.39, 0.29) is 11.7 Å². The van der Waals surface area contributed by atoms with Gasteiger partial charge in [-0.05, 0) is 28.9 Å². The highest BCUT2D eigenvalue weighted by Gasteiger charge is 2.24. The first-order valence-electron chi connectivity index (χ1n) is 6.78. The van der Waals surface area contributed by atoms with Gasteiger partial charge in [0.2, 0.25) is 0 Å². The van der Waals surface area contributed by atoms with E-state index in [2.05, 4.69) is 44.6 Å². The number of hydrogen-bond donors (Lipinski definition) is 1. The van der Waals surface area contributed by atoms with Gasteiger partial charge in [-0.1, -0.05) is 20.3 Å². The van der Waals surface area contributed by atoms with Crippen molar-refractivity contribution in [1.29, 1.82) is 0 Å². The molecule has 1 saturated heterocycles. The molecule has 5 nitrogen and oxygen atoms in total. The Labute approximate surface area is 121 Å². The first kappa shape index (κ1) is 14.7. The number of ether oxygens (including phenoxy) is 1. The molecule has 1 atom stereocenters. The predicted octanol–water partition coefficient (Wildman–Crippen LogP) is 1.88. The summed E-state index contributed by atoms with van der Waals surface area (Å²) in [6.45, 7) is 7.60. The van der Waals surface area contributed by atoms with Gasteiger partial charge in [-0.25, -0.2) is 4.98 Å². The Morgan fingerprint density at radius 1 is 1.53 bits per heavy atom. The normalized spacial score (nSPS) is 20.7. The summed E-state index contributed by atoms with van der Waals surface area (Å²) in [6, 6.07) is 0. The SMILES string of the molecule is CCCc1nc(C2CN(CC)CCO2)[nH]c(=O)c1Br. The zero-order chi connectivity index (χ0) is 13.8. The number of nitrogens with zero attached hydrogens (tertiary/aromatic N) is 2. The van der Waals surface area contributed by atoms with Crippen molar-refractivity contribution in [3.8, 4) is 0 Å². The van der Waals surface area contributed by atoms with Gasteiger partial charge in [0.15, 0.2) is 0 Å². The third-order valence-corrected chi connectivity index (χ3v) is 4.16. The molecule has 1 aromatic heterocycles. The molecule has 0 aliphatic carbocycles. The highest BCUT2D eigenvalue weighted by Crippen LogP contribution is 2.20. The maximum atomic E-state index is 11.9. The van der Waals surface area contributed by atoms with Gasteiger partial charge in [0.05, 0.1) is 12.3 Å². The van der Waals surface area contributed by atoms with Gasteiger partial charge in [0, 0.05) is 13.1 Å². The number of H-pyrrole nitrogens is 1. The van der Waals surface area contributed by atoms with Crippen LogP contribution in [-0.4, -0.2) is 41.1 Å². The Balaban J connectivity index is 2.26. The lowest BCUT2D eigenvalue weighted by molar-refractivity contribution is -0.0328. The van der Waals surface area contributed by atoms with Crippen molar-refractivity contribution in [3.63, 3.8) is 0 Å². The van der Waals surface area contributed by atoms with Gasteiger partial charge in [0.25, 0.3) is 5.56 Å². The summed E-state index contributed by atoms with van der Waals surface area (Å²) in [5.74, 6) is 0.648. The van der Waals surface area contributed by atoms with Crippen molar-refractivity contribution < 1.29 is 4.74 Å². The molecule has 2 heterocycles. The number of hydrogen-bond acceptors (Lipinski definition) is 4. The van der Waals surface area contributed by atoms with Crippen LogP contribution in [0.4, 0.5) is 0 Å². The molecule has 1 unspecified atom stereocenters. The topological polar surface area (TPSA) is 58.2 Å². The second kappa shape index (κ2) is 6.63. The van der Waals surface area contributed by atoms with E-state index in [0.717, 1.165) is 38.2 Å². The highest BCUT2D eigenvalue weighted by atomic mass is 79.9. The van der Waals surface area contributed by atoms with Crippen LogP contribution in [0.5, 0.6) is 0 Å². The molecule has 0 amide bonds. The van der Waals surface area contributed by atoms with E-state index in [1.54, 1.807) is 0 Å². The number of likely N-dealkylation sites (N-methyl/N-ethyl adjacent to an activating group) is 1. The van der Waals surface area contributed by atoms with E-state index in [4.69, 9.17) is 4.74 Å². The van der Waals surface area contributed by atoms with E-state index in [1.165, 1.54) is 0 Å². The van der Waals surface area contributed by atoms with Gasteiger partial charge in [-0.3, -0.25) is 9.69 Å². The van der Waals surface area contributed by atoms with Crippen molar-refractivity contribution in [3.05, 3.63) is 26.3 Å². The van der Waals surface area contributed by atoms with Gasteiger partial charge in [0.1, 0.15) is 16.4 Å². The minimum atomic E-state index is -0.134. The fourth-order valence-corrected chi connectivity index (χ4v) is 2.62. The van der Waals surface area contributed by atoms with Crippen LogP contribution >= 0.6 is 15.9 Å². The zero-order valence-corrected chi connectivity index (χ0v) is 13.0. The Morgan fingerprint density at radius 2 is 2.32 bits per heavy atom. The largest absolute Gasteiger partial charge is 0.368 e. The lowest BCUT2D eigenvalue weighted by Crippen LogP contribution is -2.39. The van der Waals surface area contributed by atoms with Crippen LogP contribution in [0.3, 0.4) is 0 Å². The minimum absolute atomic E-state index is 0.120. The summed E-state index contributed by atoms with van der Waals surface area (Å²) in [5.41, 5.74) is 0.698. The van der Waals surface area contributed by atoms with Crippen LogP contribution in [-0.2, 0) is 11.2 Å². The fraction of sp³-hybridized carbons (Fsp3) is 0.692. The molecule has 0 radical (unpaired) electrons. The third kappa shape index (κ3) is 3.43. The molecule has 0 saturated carbocycles. The number of aromatic amines is 1. The summed E-state index contributed by atoms with van der Waals surface area (Å²) < 4.78 is 6.28. The molecule has 0 aromatic carbocycles. The van der Waals surface area contributed by atoms with Gasteiger partial charge < -0.3 is 9.72 Å². The van der Waals surface area contributed by atoms with Crippen molar-refractivity contribution in [2.45, 2.75) is 32.8 Å². The van der Waals surface area contributed by atoms with E-state index < -0.39 is 0 Å². The molecule has 0 bridgehead atoms. The molecule has 2 rings (SSSR count). The first-order valence-corrected chi connectivity index (χ1v) is 7.57. The molecule has 1 fully saturated rings. The first-order chi connectivity index (χ1) is 9.15. The smallest absolute Gasteiger partial charge is 0.265 e. The average Bonchev–Trinajstić information content (AvgIpc) is 2.44. The van der Waals surface area contributed by atoms with Crippen molar-refractivity contribution >= 4 is 15.9 Å². The van der Waals surface area contributed by atoms with Crippen LogP contribution in [0, 0.1) is 0 Å². The maximum Gasteiger partial charge on any atom is 0.265 e. The number of halogens is 1. The molecule has 1 aromatic rings. The van der Waals surface area contributed by atoms with Crippen molar-refractivity contribution in [1.82, 2.24) is 14.9 Å². The minimum Gasteiger partial charge on any atom is -0.368 e. The number of aromatic nitrogens is 2. The molecule has 0 spiro atoms. The monoisotopic (exact) mass is 329 g/mol. The zero-order valence-electron chi connectivity index (χ0n) is 11.4. The number of morpholine rings is 1. The molecule has 1 aliphatic rings. The lowest BCUT2D eigenvalue weighted by atomic mass is 10.2. The molecule has 1 N–H and O–H groups in total. The van der Waals surface area contributed by atoms with Crippen molar-refractivity contribution in [2.24, 2.45) is 0 Å². The van der Waals surface area contributed by atoms with Gasteiger partial charge in [-0.2, -0.15) is 0 Å². The maximum absolute atomic E-state index is 11.9. The molecule has 1 aliphatic heterocycles. The highest BCUT2D eigenvalue weighted by molar-refractivity contribution is 9.10. The van der Waals surface area contributed by atoms with E-state index in [1.807, 2.05) is 0 Å². The fourth-order valence-electron chi connectivity index (χ4n) is 2.23. The van der Waals surface area contributed by atoms with E-state index in [0.29, 0.717) is 16.9 Å². The standard InChI is InChI=1S/C13H20BrN3O2/c1-3-5-9-11(14)13(18)16-12(15-9)10-8-17(4-2)6-7-19-10/h10H,3-8H2,1-2H3,(H,15,16,18). The van der Waals surface area contributed by atoms with Crippen LogP contribution in [0.1, 0.15) is 37.9 Å². The number of aryl methyl sites for hydroxylation is 1. The third-order valence-electron chi connectivity index (χ3n) is 3.34. The summed E-state index contributed by atoms with van der Waals surface area (Å²) >= 11 is 3.31. The number of nitrogens with one attached hydrogen (secondary N) is 1. The van der Waals surface area contributed by atoms with Crippen molar-refractivity contribution in [2.75, 3.05) is 26.2 Å². The summed E-state index contributed by atoms with van der Waals surface area (Å²) in [6.07, 6.45) is 1.62. The molecule has 19 heavy (non-hydrogen) atoms. The Hall–Kier alpha value is -0.720.